The minimum atomic E-state index is 0.502. The molecular weight excluding hydrogens is 214 g/mol. The summed E-state index contributed by atoms with van der Waals surface area (Å²) in [5, 5.41) is 4.69. The lowest BCUT2D eigenvalue weighted by Gasteiger charge is -2.21. The molecule has 0 bridgehead atoms. The molecule has 4 heteroatoms. The molecule has 2 N–H and O–H groups in total. The van der Waals surface area contributed by atoms with Gasteiger partial charge in [0.1, 0.15) is 0 Å². The molecule has 1 aliphatic heterocycles. The van der Waals surface area contributed by atoms with Crippen molar-refractivity contribution in [2.75, 3.05) is 13.2 Å². The van der Waals surface area contributed by atoms with Crippen LogP contribution < -0.4 is 5.73 Å². The van der Waals surface area contributed by atoms with Crippen molar-refractivity contribution < 1.29 is 4.74 Å². The molecule has 1 aliphatic rings. The minimum absolute atomic E-state index is 0.502. The summed E-state index contributed by atoms with van der Waals surface area (Å²) in [5.41, 5.74) is 9.38. The van der Waals surface area contributed by atoms with Crippen LogP contribution in [0.15, 0.2) is 24.4 Å². The lowest BCUT2D eigenvalue weighted by molar-refractivity contribution is 0.0843. The maximum atomic E-state index is 5.88. The quantitative estimate of drug-likeness (QED) is 0.855. The summed E-state index contributed by atoms with van der Waals surface area (Å²) in [4.78, 5) is 0. The van der Waals surface area contributed by atoms with Gasteiger partial charge in [0.2, 0.25) is 0 Å². The van der Waals surface area contributed by atoms with Crippen molar-refractivity contribution in [2.45, 2.75) is 25.3 Å². The molecule has 0 aromatic carbocycles. The van der Waals surface area contributed by atoms with Gasteiger partial charge < -0.3 is 10.5 Å². The van der Waals surface area contributed by atoms with E-state index in [0.717, 1.165) is 31.6 Å². The number of ether oxygens (including phenoxy) is 1. The second-order valence-electron chi connectivity index (χ2n) is 4.49. The van der Waals surface area contributed by atoms with Crippen LogP contribution in [-0.4, -0.2) is 22.8 Å². The fourth-order valence-corrected chi connectivity index (χ4v) is 2.58. The average Bonchev–Trinajstić information content (AvgIpc) is 2.78. The van der Waals surface area contributed by atoms with Gasteiger partial charge in [-0.3, -0.25) is 0 Å². The molecular formula is C13H17N3O. The number of aromatic nitrogens is 2. The highest BCUT2D eigenvalue weighted by molar-refractivity contribution is 5.57. The van der Waals surface area contributed by atoms with E-state index >= 15 is 0 Å². The fraction of sp³-hybridized carbons (Fsp3) is 0.462. The van der Waals surface area contributed by atoms with E-state index in [2.05, 4.69) is 11.2 Å². The normalized spacial score (nSPS) is 17.7. The summed E-state index contributed by atoms with van der Waals surface area (Å²) in [6.45, 7) is 2.23. The Morgan fingerprint density at radius 3 is 2.94 bits per heavy atom. The number of pyridine rings is 1. The van der Waals surface area contributed by atoms with Crippen molar-refractivity contribution in [2.24, 2.45) is 5.73 Å². The van der Waals surface area contributed by atoms with Crippen LogP contribution in [0.5, 0.6) is 0 Å². The second kappa shape index (κ2) is 4.47. The summed E-state index contributed by atoms with van der Waals surface area (Å²) >= 11 is 0. The molecule has 4 nitrogen and oxygen atoms in total. The Labute approximate surface area is 100 Å². The summed E-state index contributed by atoms with van der Waals surface area (Å²) in [6, 6.07) is 6.11. The van der Waals surface area contributed by atoms with Crippen LogP contribution in [0.3, 0.4) is 0 Å². The van der Waals surface area contributed by atoms with Gasteiger partial charge in [0.05, 0.1) is 11.2 Å². The zero-order valence-electron chi connectivity index (χ0n) is 9.80. The molecule has 0 unspecified atom stereocenters. The number of hydrogen-bond donors (Lipinski definition) is 1. The molecule has 0 spiro atoms. The summed E-state index contributed by atoms with van der Waals surface area (Å²) in [7, 11) is 0. The number of hydrogen-bond acceptors (Lipinski definition) is 3. The topological polar surface area (TPSA) is 52.5 Å². The predicted octanol–water partition coefficient (Wildman–Crippen LogP) is 1.69. The van der Waals surface area contributed by atoms with E-state index < -0.39 is 0 Å². The SMILES string of the molecule is NCc1c(C2CCOCC2)nn2ccccc12. The largest absolute Gasteiger partial charge is 0.381 e. The highest BCUT2D eigenvalue weighted by Crippen LogP contribution is 2.30. The Bertz CT molecular complexity index is 514. The molecule has 1 saturated heterocycles. The van der Waals surface area contributed by atoms with Gasteiger partial charge in [-0.2, -0.15) is 5.10 Å². The maximum Gasteiger partial charge on any atom is 0.0712 e. The first kappa shape index (κ1) is 10.7. The molecule has 0 radical (unpaired) electrons. The zero-order chi connectivity index (χ0) is 11.7. The minimum Gasteiger partial charge on any atom is -0.381 e. The highest BCUT2D eigenvalue weighted by Gasteiger charge is 2.22. The molecule has 17 heavy (non-hydrogen) atoms. The van der Waals surface area contributed by atoms with Crippen LogP contribution in [0.1, 0.15) is 30.0 Å². The van der Waals surface area contributed by atoms with Crippen LogP contribution >= 0.6 is 0 Å². The molecule has 3 rings (SSSR count). The molecule has 2 aromatic rings. The maximum absolute atomic E-state index is 5.88. The van der Waals surface area contributed by atoms with Gasteiger partial charge in [-0.05, 0) is 25.0 Å². The number of nitrogens with zero attached hydrogens (tertiary/aromatic N) is 2. The third-order valence-electron chi connectivity index (χ3n) is 3.49. The van der Waals surface area contributed by atoms with E-state index in [0.29, 0.717) is 12.5 Å². The van der Waals surface area contributed by atoms with Crippen LogP contribution in [0.2, 0.25) is 0 Å². The first-order valence-electron chi connectivity index (χ1n) is 6.14. The Hall–Kier alpha value is -1.39. The van der Waals surface area contributed by atoms with E-state index in [-0.39, 0.29) is 0 Å². The van der Waals surface area contributed by atoms with E-state index in [9.17, 15) is 0 Å². The number of nitrogens with two attached hydrogens (primary N) is 1. The zero-order valence-corrected chi connectivity index (χ0v) is 9.80. The summed E-state index contributed by atoms with van der Waals surface area (Å²) in [6.07, 6.45) is 4.09. The van der Waals surface area contributed by atoms with Gasteiger partial charge >= 0.3 is 0 Å². The molecule has 0 saturated carbocycles. The molecule has 0 aliphatic carbocycles. The van der Waals surface area contributed by atoms with Crippen LogP contribution in [0.4, 0.5) is 0 Å². The van der Waals surface area contributed by atoms with Gasteiger partial charge in [0.15, 0.2) is 0 Å². The third kappa shape index (κ3) is 1.83. The summed E-state index contributed by atoms with van der Waals surface area (Å²) < 4.78 is 7.34. The third-order valence-corrected chi connectivity index (χ3v) is 3.49. The highest BCUT2D eigenvalue weighted by atomic mass is 16.5. The average molecular weight is 231 g/mol. The van der Waals surface area contributed by atoms with Crippen LogP contribution in [0, 0.1) is 0 Å². The van der Waals surface area contributed by atoms with Crippen LogP contribution in [-0.2, 0) is 11.3 Å². The van der Waals surface area contributed by atoms with E-state index in [1.807, 2.05) is 22.8 Å². The Kier molecular flexibility index (Phi) is 2.82. The van der Waals surface area contributed by atoms with Gasteiger partial charge in [-0.1, -0.05) is 6.07 Å². The molecule has 2 aromatic heterocycles. The molecule has 3 heterocycles. The molecule has 90 valence electrons. The Morgan fingerprint density at radius 2 is 2.18 bits per heavy atom. The van der Waals surface area contributed by atoms with Crippen LogP contribution in [0.25, 0.3) is 5.52 Å². The van der Waals surface area contributed by atoms with E-state index in [1.165, 1.54) is 11.3 Å². The first-order valence-corrected chi connectivity index (χ1v) is 6.14. The van der Waals surface area contributed by atoms with Gasteiger partial charge in [-0.25, -0.2) is 4.52 Å². The Balaban J connectivity index is 2.08. The van der Waals surface area contributed by atoms with Crippen molar-refractivity contribution >= 4 is 5.52 Å². The Morgan fingerprint density at radius 1 is 1.35 bits per heavy atom. The standard InChI is InChI=1S/C13H17N3O/c14-9-11-12-3-1-2-6-16(12)15-13(11)10-4-7-17-8-5-10/h1-3,6,10H,4-5,7-9,14H2. The van der Waals surface area contributed by atoms with Crippen molar-refractivity contribution in [1.29, 1.82) is 0 Å². The predicted molar refractivity (Wildman–Crippen MR) is 65.9 cm³/mol. The lowest BCUT2D eigenvalue weighted by atomic mass is 9.93. The number of fused-ring (bicyclic) bond motifs is 1. The van der Waals surface area contributed by atoms with E-state index in [1.54, 1.807) is 0 Å². The number of rotatable bonds is 2. The fourth-order valence-electron chi connectivity index (χ4n) is 2.58. The molecule has 1 fully saturated rings. The lowest BCUT2D eigenvalue weighted by Crippen LogP contribution is -2.16. The van der Waals surface area contributed by atoms with Crippen molar-refractivity contribution in [3.8, 4) is 0 Å². The van der Waals surface area contributed by atoms with Crippen molar-refractivity contribution in [3.63, 3.8) is 0 Å². The van der Waals surface area contributed by atoms with Gasteiger partial charge in [0, 0.05) is 37.4 Å². The molecule has 0 amide bonds. The summed E-state index contributed by atoms with van der Waals surface area (Å²) in [5.74, 6) is 0.502. The van der Waals surface area contributed by atoms with Gasteiger partial charge in [0.25, 0.3) is 0 Å². The van der Waals surface area contributed by atoms with Crippen molar-refractivity contribution in [1.82, 2.24) is 9.61 Å². The monoisotopic (exact) mass is 231 g/mol. The second-order valence-corrected chi connectivity index (χ2v) is 4.49. The first-order chi connectivity index (χ1) is 8.40. The van der Waals surface area contributed by atoms with E-state index in [4.69, 9.17) is 10.5 Å². The van der Waals surface area contributed by atoms with Gasteiger partial charge in [-0.15, -0.1) is 0 Å². The smallest absolute Gasteiger partial charge is 0.0712 e. The molecule has 0 atom stereocenters. The van der Waals surface area contributed by atoms with Crippen molar-refractivity contribution in [3.05, 3.63) is 35.7 Å².